The predicted molar refractivity (Wildman–Crippen MR) is 101 cm³/mol. The third kappa shape index (κ3) is 3.67. The van der Waals surface area contributed by atoms with E-state index in [1.807, 2.05) is 51.7 Å². The van der Waals surface area contributed by atoms with Crippen molar-refractivity contribution in [1.29, 1.82) is 0 Å². The maximum absolute atomic E-state index is 13.1. The largest absolute Gasteiger partial charge is 0.361 e. The minimum absolute atomic E-state index is 0.00749. The van der Waals surface area contributed by atoms with Gasteiger partial charge < -0.3 is 14.7 Å². The van der Waals surface area contributed by atoms with Crippen molar-refractivity contribution in [1.82, 2.24) is 10.1 Å². The van der Waals surface area contributed by atoms with Gasteiger partial charge in [0.1, 0.15) is 11.5 Å². The zero-order valence-electron chi connectivity index (χ0n) is 15.9. The molecular formula is C19H25N3O3S. The fourth-order valence-corrected chi connectivity index (χ4v) is 4.07. The molecule has 3 heterocycles. The van der Waals surface area contributed by atoms with Gasteiger partial charge in [0, 0.05) is 18.0 Å². The topological polar surface area (TPSA) is 75.4 Å². The van der Waals surface area contributed by atoms with Crippen molar-refractivity contribution in [3.05, 3.63) is 34.0 Å². The normalized spacial score (nSPS) is 17.6. The Bertz CT molecular complexity index is 831. The van der Waals surface area contributed by atoms with Crippen LogP contribution in [-0.2, 0) is 4.79 Å². The molecule has 0 bridgehead atoms. The molecule has 140 valence electrons. The summed E-state index contributed by atoms with van der Waals surface area (Å²) in [6.45, 7) is 10.1. The van der Waals surface area contributed by atoms with Crippen molar-refractivity contribution in [2.24, 2.45) is 5.41 Å². The lowest BCUT2D eigenvalue weighted by Crippen LogP contribution is -2.30. The van der Waals surface area contributed by atoms with Crippen molar-refractivity contribution in [3.8, 4) is 0 Å². The fraction of sp³-hybridized carbons (Fsp3) is 0.526. The number of aromatic nitrogens is 1. The van der Waals surface area contributed by atoms with Gasteiger partial charge in [-0.25, -0.2) is 0 Å². The van der Waals surface area contributed by atoms with Gasteiger partial charge in [-0.3, -0.25) is 9.59 Å². The second kappa shape index (κ2) is 6.87. The van der Waals surface area contributed by atoms with Crippen molar-refractivity contribution in [2.75, 3.05) is 11.9 Å². The van der Waals surface area contributed by atoms with Crippen LogP contribution in [0.25, 0.3) is 0 Å². The molecule has 1 aliphatic rings. The number of thiophene rings is 1. The number of carbonyl (C=O) groups is 2. The van der Waals surface area contributed by atoms with E-state index in [-0.39, 0.29) is 17.9 Å². The highest BCUT2D eigenvalue weighted by Crippen LogP contribution is 2.36. The summed E-state index contributed by atoms with van der Waals surface area (Å²) in [6, 6.07) is 3.72. The maximum atomic E-state index is 13.1. The lowest BCUT2D eigenvalue weighted by molar-refractivity contribution is -0.123. The van der Waals surface area contributed by atoms with E-state index in [1.165, 1.54) is 11.3 Å². The second-order valence-corrected chi connectivity index (χ2v) is 8.90. The molecule has 2 aromatic rings. The molecule has 3 rings (SSSR count). The zero-order chi connectivity index (χ0) is 19.1. The van der Waals surface area contributed by atoms with Crippen LogP contribution >= 0.6 is 11.3 Å². The van der Waals surface area contributed by atoms with Gasteiger partial charge in [0.25, 0.3) is 5.91 Å². The number of rotatable bonds is 3. The Morgan fingerprint density at radius 2 is 2.04 bits per heavy atom. The Morgan fingerprint density at radius 1 is 1.31 bits per heavy atom. The van der Waals surface area contributed by atoms with Crippen LogP contribution in [0.15, 0.2) is 16.7 Å². The predicted octanol–water partition coefficient (Wildman–Crippen LogP) is 4.31. The van der Waals surface area contributed by atoms with Crippen LogP contribution in [0.3, 0.4) is 0 Å². The molecule has 2 amide bonds. The van der Waals surface area contributed by atoms with Crippen LogP contribution in [0.2, 0.25) is 0 Å². The molecule has 2 aromatic heterocycles. The van der Waals surface area contributed by atoms with Crippen LogP contribution in [0.5, 0.6) is 0 Å². The SMILES string of the molecule is Cc1cc([C@@H]2CCCN2C(=O)c2sc(NC(=O)C(C)(C)C)cc2C)no1. The highest BCUT2D eigenvalue weighted by molar-refractivity contribution is 7.18. The Balaban J connectivity index is 1.80. The molecule has 6 nitrogen and oxygen atoms in total. The van der Waals surface area contributed by atoms with E-state index >= 15 is 0 Å². The van der Waals surface area contributed by atoms with E-state index in [9.17, 15) is 9.59 Å². The highest BCUT2D eigenvalue weighted by atomic mass is 32.1. The zero-order valence-corrected chi connectivity index (χ0v) is 16.7. The first kappa shape index (κ1) is 18.6. The monoisotopic (exact) mass is 375 g/mol. The number of anilines is 1. The van der Waals surface area contributed by atoms with Gasteiger partial charge in [-0.05, 0) is 38.3 Å². The van der Waals surface area contributed by atoms with Crippen LogP contribution in [0.1, 0.15) is 66.3 Å². The number of hydrogen-bond acceptors (Lipinski definition) is 5. The Hall–Kier alpha value is -2.15. The smallest absolute Gasteiger partial charge is 0.264 e. The number of nitrogens with zero attached hydrogens (tertiary/aromatic N) is 2. The number of likely N-dealkylation sites (tertiary alicyclic amines) is 1. The molecule has 1 aliphatic heterocycles. The number of carbonyl (C=O) groups excluding carboxylic acids is 2. The highest BCUT2D eigenvalue weighted by Gasteiger charge is 2.34. The quantitative estimate of drug-likeness (QED) is 0.867. The van der Waals surface area contributed by atoms with E-state index in [2.05, 4.69) is 10.5 Å². The summed E-state index contributed by atoms with van der Waals surface area (Å²) in [6.07, 6.45) is 1.83. The molecule has 0 radical (unpaired) electrons. The van der Waals surface area contributed by atoms with E-state index in [4.69, 9.17) is 4.52 Å². The number of amides is 2. The number of nitrogens with one attached hydrogen (secondary N) is 1. The summed E-state index contributed by atoms with van der Waals surface area (Å²) in [7, 11) is 0. The molecular weight excluding hydrogens is 350 g/mol. The van der Waals surface area contributed by atoms with Crippen molar-refractivity contribution in [2.45, 2.75) is 53.5 Å². The molecule has 0 saturated carbocycles. The van der Waals surface area contributed by atoms with Crippen molar-refractivity contribution in [3.63, 3.8) is 0 Å². The molecule has 1 atom stereocenters. The van der Waals surface area contributed by atoms with Gasteiger partial charge in [-0.2, -0.15) is 0 Å². The molecule has 1 N–H and O–H groups in total. The van der Waals surface area contributed by atoms with Crippen molar-refractivity contribution < 1.29 is 14.1 Å². The Morgan fingerprint density at radius 3 is 2.65 bits per heavy atom. The van der Waals surface area contributed by atoms with Gasteiger partial charge in [0.2, 0.25) is 5.91 Å². The minimum Gasteiger partial charge on any atom is -0.361 e. The molecule has 1 fully saturated rings. The summed E-state index contributed by atoms with van der Waals surface area (Å²) in [4.78, 5) is 27.9. The third-order valence-corrected chi connectivity index (χ3v) is 5.67. The fourth-order valence-electron chi connectivity index (χ4n) is 3.05. The number of aryl methyl sites for hydroxylation is 2. The average Bonchev–Trinajstić information content (AvgIpc) is 3.25. The van der Waals surface area contributed by atoms with E-state index in [0.717, 1.165) is 29.9 Å². The van der Waals surface area contributed by atoms with Crippen LogP contribution in [0.4, 0.5) is 5.00 Å². The first-order valence-electron chi connectivity index (χ1n) is 8.83. The van der Waals surface area contributed by atoms with Crippen LogP contribution < -0.4 is 5.32 Å². The van der Waals surface area contributed by atoms with Crippen LogP contribution in [0, 0.1) is 19.3 Å². The Kier molecular flexibility index (Phi) is 4.92. The number of hydrogen-bond donors (Lipinski definition) is 1. The van der Waals surface area contributed by atoms with Crippen LogP contribution in [-0.4, -0.2) is 28.4 Å². The van der Waals surface area contributed by atoms with E-state index in [0.29, 0.717) is 16.4 Å². The molecule has 26 heavy (non-hydrogen) atoms. The summed E-state index contributed by atoms with van der Waals surface area (Å²) in [5, 5.41) is 7.72. The standard InChI is InChI=1S/C19H25N3O3S/c1-11-9-15(20-18(24)19(3,4)5)26-16(11)17(23)22-8-6-7-14(22)13-10-12(2)25-21-13/h9-10,14H,6-8H2,1-5H3,(H,20,24)/t14-/m0/s1. The van der Waals surface area contributed by atoms with Crippen molar-refractivity contribution >= 4 is 28.2 Å². The summed E-state index contributed by atoms with van der Waals surface area (Å²) in [5.41, 5.74) is 1.21. The van der Waals surface area contributed by atoms with Gasteiger partial charge in [0.15, 0.2) is 0 Å². The van der Waals surface area contributed by atoms with Gasteiger partial charge >= 0.3 is 0 Å². The minimum atomic E-state index is -0.479. The van der Waals surface area contributed by atoms with Gasteiger partial charge in [-0.1, -0.05) is 25.9 Å². The summed E-state index contributed by atoms with van der Waals surface area (Å²) in [5.74, 6) is 0.681. The van der Waals surface area contributed by atoms with Gasteiger partial charge in [0.05, 0.1) is 15.9 Å². The maximum Gasteiger partial charge on any atom is 0.264 e. The third-order valence-electron chi connectivity index (χ3n) is 4.53. The second-order valence-electron chi connectivity index (χ2n) is 7.85. The molecule has 7 heteroatoms. The molecule has 0 aromatic carbocycles. The summed E-state index contributed by atoms with van der Waals surface area (Å²) >= 11 is 1.33. The lowest BCUT2D eigenvalue weighted by Gasteiger charge is -2.22. The summed E-state index contributed by atoms with van der Waals surface area (Å²) < 4.78 is 5.18. The molecule has 0 aliphatic carbocycles. The average molecular weight is 375 g/mol. The first-order valence-corrected chi connectivity index (χ1v) is 9.64. The molecule has 0 spiro atoms. The Labute approximate surface area is 157 Å². The van der Waals surface area contributed by atoms with Gasteiger partial charge in [-0.15, -0.1) is 11.3 Å². The van der Waals surface area contributed by atoms with E-state index in [1.54, 1.807) is 0 Å². The lowest BCUT2D eigenvalue weighted by atomic mass is 9.96. The molecule has 0 unspecified atom stereocenters. The first-order chi connectivity index (χ1) is 12.2. The van der Waals surface area contributed by atoms with E-state index < -0.39 is 5.41 Å². The molecule has 1 saturated heterocycles.